The van der Waals surface area contributed by atoms with Gasteiger partial charge >= 0.3 is 6.09 Å². The predicted octanol–water partition coefficient (Wildman–Crippen LogP) is 4.83. The van der Waals surface area contributed by atoms with Gasteiger partial charge in [-0.15, -0.1) is 5.10 Å². The highest BCUT2D eigenvalue weighted by molar-refractivity contribution is 6.31. The highest BCUT2D eigenvalue weighted by Gasteiger charge is 2.35. The van der Waals surface area contributed by atoms with Crippen molar-refractivity contribution in [3.8, 4) is 28.1 Å². The number of aromatic nitrogens is 7. The van der Waals surface area contributed by atoms with E-state index < -0.39 is 6.09 Å². The lowest BCUT2D eigenvalue weighted by Gasteiger charge is -2.14. The molecule has 2 aromatic carbocycles. The van der Waals surface area contributed by atoms with Crippen LogP contribution in [0.15, 0.2) is 73.3 Å². The average Bonchev–Trinajstić information content (AvgIpc) is 3.42. The molecular weight excluding hydrogens is 544 g/mol. The number of methoxy groups -OCH3 is 1. The zero-order chi connectivity index (χ0) is 28.3. The standard InChI is InChI=1S/C29H27ClN8O3/c1-40-29(39)33-22-9-5-19(6-10-22)25-15-31-28(34-25)24(13-18-3-4-18)27-11-7-20(16-38(27)41-2)23-14-21(30)8-12-26(23)37-17-32-35-36-37/h5-12,14-18,24H,3-4,13H2,1-2H3,(H-,31,33,34,35,36,39)/p+1. The smallest absolute Gasteiger partial charge is 0.411 e. The molecule has 1 unspecified atom stereocenters. The van der Waals surface area contributed by atoms with E-state index >= 15 is 0 Å². The predicted molar refractivity (Wildman–Crippen MR) is 152 cm³/mol. The normalized spacial score (nSPS) is 13.5. The van der Waals surface area contributed by atoms with Crippen molar-refractivity contribution in [3.63, 3.8) is 0 Å². The fourth-order valence-corrected chi connectivity index (χ4v) is 5.08. The van der Waals surface area contributed by atoms with E-state index in [9.17, 15) is 4.79 Å². The first-order valence-electron chi connectivity index (χ1n) is 13.2. The van der Waals surface area contributed by atoms with Crippen LogP contribution in [0.25, 0.3) is 28.1 Å². The van der Waals surface area contributed by atoms with Crippen molar-refractivity contribution >= 4 is 23.4 Å². The molecule has 1 atom stereocenters. The lowest BCUT2D eigenvalue weighted by molar-refractivity contribution is -0.890. The van der Waals surface area contributed by atoms with Gasteiger partial charge in [-0.3, -0.25) is 10.2 Å². The highest BCUT2D eigenvalue weighted by atomic mass is 35.5. The van der Waals surface area contributed by atoms with E-state index in [2.05, 4.69) is 42.7 Å². The number of hydrogen-bond acceptors (Lipinski definition) is 7. The third-order valence-electron chi connectivity index (χ3n) is 7.18. The van der Waals surface area contributed by atoms with Gasteiger partial charge in [-0.1, -0.05) is 36.6 Å². The van der Waals surface area contributed by atoms with Gasteiger partial charge in [0.1, 0.15) is 25.2 Å². The molecular formula is C29H28ClN8O3+. The number of nitrogens with one attached hydrogen (secondary N) is 2. The van der Waals surface area contributed by atoms with Gasteiger partial charge in [0.05, 0.1) is 30.3 Å². The molecule has 0 saturated heterocycles. The molecule has 11 nitrogen and oxygen atoms in total. The molecule has 0 bridgehead atoms. The number of imidazole rings is 1. The Hall–Kier alpha value is -4.77. The molecule has 1 aliphatic rings. The number of hydrogen-bond donors (Lipinski definition) is 2. The van der Waals surface area contributed by atoms with Crippen molar-refractivity contribution in [2.45, 2.75) is 25.2 Å². The summed E-state index contributed by atoms with van der Waals surface area (Å²) in [6, 6.07) is 17.2. The van der Waals surface area contributed by atoms with E-state index in [1.54, 1.807) is 22.8 Å². The first-order chi connectivity index (χ1) is 20.0. The summed E-state index contributed by atoms with van der Waals surface area (Å²) >= 11 is 6.38. The fraction of sp³-hybridized carbons (Fsp3) is 0.241. The lowest BCUT2D eigenvalue weighted by Crippen LogP contribution is -2.45. The van der Waals surface area contributed by atoms with Crippen molar-refractivity contribution < 1.29 is 19.1 Å². The van der Waals surface area contributed by atoms with Crippen molar-refractivity contribution in [1.29, 1.82) is 0 Å². The van der Waals surface area contributed by atoms with Gasteiger partial charge in [0, 0.05) is 27.1 Å². The quantitative estimate of drug-likeness (QED) is 0.243. The van der Waals surface area contributed by atoms with E-state index in [4.69, 9.17) is 21.4 Å². The Kier molecular flexibility index (Phi) is 7.34. The summed E-state index contributed by atoms with van der Waals surface area (Å²) in [7, 11) is 2.99. The van der Waals surface area contributed by atoms with Gasteiger partial charge in [-0.25, -0.2) is 9.78 Å². The summed E-state index contributed by atoms with van der Waals surface area (Å²) in [6.07, 6.45) is 8.20. The van der Waals surface area contributed by atoms with Crippen LogP contribution in [0.4, 0.5) is 10.5 Å². The highest BCUT2D eigenvalue weighted by Crippen LogP contribution is 2.41. The van der Waals surface area contributed by atoms with E-state index in [0.29, 0.717) is 16.6 Å². The zero-order valence-corrected chi connectivity index (χ0v) is 23.2. The molecule has 2 N–H and O–H groups in total. The number of tetrazole rings is 1. The van der Waals surface area contributed by atoms with Gasteiger partial charge in [0.25, 0.3) is 0 Å². The third kappa shape index (κ3) is 5.75. The molecule has 3 aromatic heterocycles. The molecule has 1 amide bonds. The van der Waals surface area contributed by atoms with Crippen LogP contribution in [0.2, 0.25) is 5.02 Å². The summed E-state index contributed by atoms with van der Waals surface area (Å²) in [5.41, 5.74) is 6.03. The number of carbonyl (C=O) groups excluding carboxylic acids is 1. The number of carbonyl (C=O) groups is 1. The van der Waals surface area contributed by atoms with Crippen molar-refractivity contribution in [2.75, 3.05) is 19.5 Å². The summed E-state index contributed by atoms with van der Waals surface area (Å²) in [5, 5.41) is 14.9. The maximum Gasteiger partial charge on any atom is 0.411 e. The summed E-state index contributed by atoms with van der Waals surface area (Å²) < 4.78 is 8.06. The second-order valence-electron chi connectivity index (χ2n) is 9.87. The number of anilines is 1. The molecule has 1 fully saturated rings. The average molecular weight is 572 g/mol. The summed E-state index contributed by atoms with van der Waals surface area (Å²) in [5.74, 6) is 1.49. The van der Waals surface area contributed by atoms with Crippen LogP contribution in [0.5, 0.6) is 0 Å². The van der Waals surface area contributed by atoms with Gasteiger partial charge < -0.3 is 9.72 Å². The molecule has 208 valence electrons. The Balaban J connectivity index is 1.33. The van der Waals surface area contributed by atoms with Crippen LogP contribution >= 0.6 is 11.6 Å². The van der Waals surface area contributed by atoms with E-state index in [1.165, 1.54) is 20.0 Å². The monoisotopic (exact) mass is 571 g/mol. The van der Waals surface area contributed by atoms with Gasteiger partial charge in [-0.2, -0.15) is 4.68 Å². The Morgan fingerprint density at radius 1 is 1.15 bits per heavy atom. The number of nitrogens with zero attached hydrogens (tertiary/aromatic N) is 6. The van der Waals surface area contributed by atoms with Gasteiger partial charge in [0.15, 0.2) is 0 Å². The second-order valence-corrected chi connectivity index (χ2v) is 10.3. The van der Waals surface area contributed by atoms with Crippen LogP contribution in [0.1, 0.15) is 36.7 Å². The number of amides is 1. The maximum atomic E-state index is 11.5. The maximum absolute atomic E-state index is 11.5. The van der Waals surface area contributed by atoms with E-state index in [0.717, 1.165) is 46.0 Å². The number of H-pyrrole nitrogens is 1. The van der Waals surface area contributed by atoms with Crippen LogP contribution in [0, 0.1) is 5.92 Å². The molecule has 0 aliphatic heterocycles. The first kappa shape index (κ1) is 26.5. The Bertz CT molecular complexity index is 1670. The molecule has 3 heterocycles. The Morgan fingerprint density at radius 2 is 1.95 bits per heavy atom. The summed E-state index contributed by atoms with van der Waals surface area (Å²) in [4.78, 5) is 25.7. The van der Waals surface area contributed by atoms with Crippen LogP contribution < -0.4 is 14.9 Å². The molecule has 5 aromatic rings. The largest absolute Gasteiger partial charge is 0.453 e. The number of rotatable bonds is 9. The Morgan fingerprint density at radius 3 is 2.66 bits per heavy atom. The van der Waals surface area contributed by atoms with Crippen molar-refractivity contribution in [2.24, 2.45) is 5.92 Å². The summed E-state index contributed by atoms with van der Waals surface area (Å²) in [6.45, 7) is 0. The van der Waals surface area contributed by atoms with Gasteiger partial charge in [0.2, 0.25) is 11.9 Å². The Labute approximate surface area is 241 Å². The SMILES string of the molecule is COC(=O)Nc1ccc(-c2cnc(C(CC3CC3)c3ccc(-c4cc(Cl)ccc4-n4cnnn4)c[n+]3OC)[nH]2)cc1. The third-order valence-corrected chi connectivity index (χ3v) is 7.42. The second kappa shape index (κ2) is 11.4. The van der Waals surface area contributed by atoms with Crippen molar-refractivity contribution in [1.82, 2.24) is 30.2 Å². The molecule has 0 radical (unpaired) electrons. The number of ether oxygens (including phenoxy) is 1. The van der Waals surface area contributed by atoms with Crippen LogP contribution in [-0.4, -0.2) is 50.5 Å². The molecule has 1 saturated carbocycles. The zero-order valence-electron chi connectivity index (χ0n) is 22.5. The van der Waals surface area contributed by atoms with E-state index in [-0.39, 0.29) is 5.92 Å². The molecule has 6 rings (SSSR count). The minimum atomic E-state index is -0.510. The van der Waals surface area contributed by atoms with Crippen LogP contribution in [0.3, 0.4) is 0 Å². The number of aromatic amines is 1. The van der Waals surface area contributed by atoms with Gasteiger partial charge in [-0.05, 0) is 64.7 Å². The molecule has 41 heavy (non-hydrogen) atoms. The minimum absolute atomic E-state index is 0.0103. The molecule has 1 aliphatic carbocycles. The topological polar surface area (TPSA) is 124 Å². The number of halogens is 1. The minimum Gasteiger partial charge on any atom is -0.453 e. The van der Waals surface area contributed by atoms with E-state index in [1.807, 2.05) is 54.9 Å². The number of benzene rings is 2. The number of pyridine rings is 1. The van der Waals surface area contributed by atoms with Crippen molar-refractivity contribution in [3.05, 3.63) is 89.9 Å². The fourth-order valence-electron chi connectivity index (χ4n) is 4.91. The first-order valence-corrected chi connectivity index (χ1v) is 13.5. The van der Waals surface area contributed by atoms with Crippen LogP contribution in [-0.2, 0) is 4.74 Å². The molecule has 0 spiro atoms. The molecule has 12 heteroatoms. The lowest BCUT2D eigenvalue weighted by atomic mass is 9.95.